The van der Waals surface area contributed by atoms with E-state index < -0.39 is 24.3 Å². The summed E-state index contributed by atoms with van der Waals surface area (Å²) in [6.45, 7) is 2.57. The molecule has 0 N–H and O–H groups in total. The number of sulfonamides is 1. The predicted octanol–water partition coefficient (Wildman–Crippen LogP) is 5.08. The minimum Gasteiger partial charge on any atom is -0.382 e. The topological polar surface area (TPSA) is 92.7 Å². The fourth-order valence-corrected chi connectivity index (χ4v) is 7.47. The van der Waals surface area contributed by atoms with Gasteiger partial charge in [-0.1, -0.05) is 90.4 Å². The van der Waals surface area contributed by atoms with Gasteiger partial charge in [0.1, 0.15) is 26.2 Å². The van der Waals surface area contributed by atoms with Crippen LogP contribution in [0.25, 0.3) is 0 Å². The van der Waals surface area contributed by atoms with Crippen molar-refractivity contribution >= 4 is 26.0 Å². The Morgan fingerprint density at radius 3 is 1.80 bits per heavy atom. The summed E-state index contributed by atoms with van der Waals surface area (Å²) in [5.74, 6) is 0.0265. The largest absolute Gasteiger partial charge is 0.382 e. The zero-order chi connectivity index (χ0) is 25.9. The number of hydrogen-bond donors (Lipinski definition) is 0. The Kier molecular flexibility index (Phi) is 19.0. The number of rotatable bonds is 22. The molecule has 208 valence electrons. The van der Waals surface area contributed by atoms with Gasteiger partial charge in [0.25, 0.3) is 10.0 Å². The summed E-state index contributed by atoms with van der Waals surface area (Å²) in [5, 5.41) is 0. The van der Waals surface area contributed by atoms with Gasteiger partial charge >= 0.3 is 0 Å². The normalized spacial score (nSPS) is 23.8. The van der Waals surface area contributed by atoms with Crippen LogP contribution in [0, 0.1) is 0 Å². The lowest BCUT2D eigenvalue weighted by Crippen LogP contribution is -2.37. The van der Waals surface area contributed by atoms with Gasteiger partial charge in [0.05, 0.1) is 18.4 Å². The van der Waals surface area contributed by atoms with Crippen LogP contribution in [0.2, 0.25) is 0 Å². The van der Waals surface area contributed by atoms with E-state index in [2.05, 4.69) is 11.1 Å². The molecule has 0 aromatic carbocycles. The molecule has 5 atom stereocenters. The van der Waals surface area contributed by atoms with Crippen LogP contribution in [-0.2, 0) is 33.3 Å². The first kappa shape index (κ1) is 33.1. The van der Waals surface area contributed by atoms with Crippen LogP contribution in [0.15, 0.2) is 4.15 Å². The third kappa shape index (κ3) is 14.5. The van der Waals surface area contributed by atoms with Crippen molar-refractivity contribution in [1.29, 1.82) is 0 Å². The molecule has 1 aliphatic rings. The maximum absolute atomic E-state index is 12.5. The highest BCUT2D eigenvalue weighted by Gasteiger charge is 2.44. The second kappa shape index (κ2) is 20.1. The van der Waals surface area contributed by atoms with Crippen LogP contribution in [0.1, 0.15) is 96.8 Å². The van der Waals surface area contributed by atoms with Crippen molar-refractivity contribution in [2.24, 2.45) is 4.15 Å². The molecule has 1 aliphatic heterocycles. The van der Waals surface area contributed by atoms with Gasteiger partial charge in [-0.05, 0) is 6.42 Å². The molecule has 1 rings (SSSR count). The van der Waals surface area contributed by atoms with Crippen molar-refractivity contribution in [3.63, 3.8) is 0 Å². The lowest BCUT2D eigenvalue weighted by atomic mass is 9.93. The first-order chi connectivity index (χ1) is 16.9. The minimum atomic E-state index is -3.61. The summed E-state index contributed by atoms with van der Waals surface area (Å²) in [6.07, 6.45) is 15.9. The van der Waals surface area contributed by atoms with E-state index in [-0.39, 0.29) is 24.0 Å². The lowest BCUT2D eigenvalue weighted by molar-refractivity contribution is -0.0127. The van der Waals surface area contributed by atoms with Crippen molar-refractivity contribution in [2.45, 2.75) is 121 Å². The Bertz CT molecular complexity index is 668. The van der Waals surface area contributed by atoms with Gasteiger partial charge in [0, 0.05) is 21.3 Å². The Labute approximate surface area is 216 Å². The summed E-state index contributed by atoms with van der Waals surface area (Å²) in [4.78, 5) is 0. The molecule has 0 aromatic heterocycles. The molecule has 1 saturated heterocycles. The summed E-state index contributed by atoms with van der Waals surface area (Å²) < 4.78 is 56.8. The second-order valence-electron chi connectivity index (χ2n) is 9.56. The molecule has 0 saturated carbocycles. The highest BCUT2D eigenvalue weighted by molar-refractivity contribution is 7.92. The maximum atomic E-state index is 12.5. The van der Waals surface area contributed by atoms with Gasteiger partial charge in [-0.3, -0.25) is 0 Å². The van der Waals surface area contributed by atoms with Crippen LogP contribution in [0.4, 0.5) is 0 Å². The quantitative estimate of drug-likeness (QED) is 0.108. The average molecular weight is 540 g/mol. The van der Waals surface area contributed by atoms with Gasteiger partial charge in [0.2, 0.25) is 8.17 Å². The van der Waals surface area contributed by atoms with Crippen molar-refractivity contribution in [1.82, 2.24) is 0 Å². The lowest BCUT2D eigenvalue weighted by Gasteiger charge is -2.23. The van der Waals surface area contributed by atoms with E-state index in [0.29, 0.717) is 13.0 Å². The van der Waals surface area contributed by atoms with Crippen LogP contribution in [0.5, 0.6) is 0 Å². The van der Waals surface area contributed by atoms with Gasteiger partial charge in [-0.2, -0.15) is 0 Å². The average Bonchev–Trinajstić information content (AvgIpc) is 3.12. The molecule has 0 aromatic rings. The third-order valence-electron chi connectivity index (χ3n) is 6.53. The standard InChI is InChI=1S/C24H51BNO7PS/c1-5-6-7-8-9-10-11-12-13-14-15-16-17-18-19-35(27,28)26-34(31-4)33-22-21(20-29-2)32-24(25)23(22)30-3/h21-24,34H,5-20,25H2,1-4H3/t21-,22?,23+,24-/m1/s1. The first-order valence-electron chi connectivity index (χ1n) is 13.6. The molecular formula is C24H51BNO7PS. The van der Waals surface area contributed by atoms with E-state index in [1.54, 1.807) is 14.2 Å². The summed E-state index contributed by atoms with van der Waals surface area (Å²) in [5.41, 5.74) is 0. The highest BCUT2D eigenvalue weighted by atomic mass is 32.2. The van der Waals surface area contributed by atoms with Crippen molar-refractivity contribution in [3.05, 3.63) is 0 Å². The number of ether oxygens (including phenoxy) is 3. The van der Waals surface area contributed by atoms with Crippen molar-refractivity contribution in [3.8, 4) is 0 Å². The molecule has 0 spiro atoms. The smallest absolute Gasteiger partial charge is 0.255 e. The Morgan fingerprint density at radius 2 is 1.34 bits per heavy atom. The zero-order valence-corrected chi connectivity index (χ0v) is 24.7. The molecule has 8 nitrogen and oxygen atoms in total. The van der Waals surface area contributed by atoms with E-state index in [9.17, 15) is 8.42 Å². The van der Waals surface area contributed by atoms with Gasteiger partial charge < -0.3 is 23.3 Å². The monoisotopic (exact) mass is 539 g/mol. The molecule has 0 aliphatic carbocycles. The first-order valence-corrected chi connectivity index (χ1v) is 16.5. The molecule has 35 heavy (non-hydrogen) atoms. The molecule has 11 heteroatoms. The van der Waals surface area contributed by atoms with Crippen molar-refractivity contribution < 1.29 is 31.7 Å². The van der Waals surface area contributed by atoms with E-state index in [1.165, 1.54) is 77.7 Å². The van der Waals surface area contributed by atoms with E-state index in [4.69, 9.17) is 23.3 Å². The van der Waals surface area contributed by atoms with Gasteiger partial charge in [-0.25, -0.2) is 8.42 Å². The van der Waals surface area contributed by atoms with Gasteiger partial charge in [-0.15, -0.1) is 4.15 Å². The van der Waals surface area contributed by atoms with Gasteiger partial charge in [0.15, 0.2) is 0 Å². The number of hydrogen-bond acceptors (Lipinski definition) is 7. The molecule has 0 bridgehead atoms. The number of unbranched alkanes of at least 4 members (excludes halogenated alkanes) is 13. The van der Waals surface area contributed by atoms with E-state index in [1.807, 2.05) is 7.85 Å². The number of methoxy groups -OCH3 is 2. The molecule has 2 unspecified atom stereocenters. The summed E-state index contributed by atoms with van der Waals surface area (Å²) >= 11 is 0. The Hall–Kier alpha value is 0.0449. The number of nitrogens with zero attached hydrogens (tertiary/aromatic N) is 1. The van der Waals surface area contributed by atoms with Crippen LogP contribution in [-0.4, -0.2) is 74.3 Å². The predicted molar refractivity (Wildman–Crippen MR) is 147 cm³/mol. The van der Waals surface area contributed by atoms with E-state index in [0.717, 1.165) is 12.8 Å². The Balaban J connectivity index is 2.27. The Morgan fingerprint density at radius 1 is 0.829 bits per heavy atom. The second-order valence-corrected chi connectivity index (χ2v) is 13.0. The zero-order valence-electron chi connectivity index (χ0n) is 22.8. The molecule has 1 fully saturated rings. The van der Waals surface area contributed by atoms with Crippen LogP contribution in [0.3, 0.4) is 0 Å². The molecule has 0 amide bonds. The minimum absolute atomic E-state index is 0.0265. The maximum Gasteiger partial charge on any atom is 0.255 e. The third-order valence-corrected chi connectivity index (χ3v) is 9.86. The highest BCUT2D eigenvalue weighted by Crippen LogP contribution is 2.37. The van der Waals surface area contributed by atoms with Crippen LogP contribution >= 0.6 is 8.17 Å². The molecule has 1 heterocycles. The summed E-state index contributed by atoms with van der Waals surface area (Å²) in [7, 11) is 0.481. The summed E-state index contributed by atoms with van der Waals surface area (Å²) in [6, 6.07) is -0.197. The van der Waals surface area contributed by atoms with Crippen LogP contribution < -0.4 is 0 Å². The molecule has 0 radical (unpaired) electrons. The van der Waals surface area contributed by atoms with Crippen molar-refractivity contribution in [2.75, 3.05) is 33.7 Å². The van der Waals surface area contributed by atoms with E-state index >= 15 is 0 Å². The molecular weight excluding hydrogens is 488 g/mol. The fraction of sp³-hybridized carbons (Fsp3) is 1.00. The SMILES string of the molecule is B[C@@H]1O[C@H](COC)C(O/[PH](=N\S(=O)(=O)CCCCCCCCCCCCCCCC)OC)[C@@H]1OC. The fourth-order valence-electron chi connectivity index (χ4n) is 4.54.